The van der Waals surface area contributed by atoms with E-state index < -0.39 is 0 Å². The van der Waals surface area contributed by atoms with E-state index in [-0.39, 0.29) is 6.04 Å². The molecule has 2 aromatic rings. The van der Waals surface area contributed by atoms with Crippen LogP contribution in [0.5, 0.6) is 0 Å². The van der Waals surface area contributed by atoms with Crippen LogP contribution in [0.15, 0.2) is 35.1 Å². The van der Waals surface area contributed by atoms with Crippen LogP contribution in [0.25, 0.3) is 0 Å². The molecule has 1 N–H and O–H groups in total. The first-order chi connectivity index (χ1) is 8.67. The Balaban J connectivity index is 2.48. The summed E-state index contributed by atoms with van der Waals surface area (Å²) in [6.45, 7) is 2.99. The largest absolute Gasteiger partial charge is 0.334 e. The molecule has 0 saturated heterocycles. The summed E-state index contributed by atoms with van der Waals surface area (Å²) < 4.78 is 3.12. The number of halogens is 2. The van der Waals surface area contributed by atoms with Gasteiger partial charge in [-0.25, -0.2) is 4.98 Å². The van der Waals surface area contributed by atoms with E-state index in [1.807, 2.05) is 37.6 Å². The molecule has 18 heavy (non-hydrogen) atoms. The van der Waals surface area contributed by atoms with Crippen LogP contribution < -0.4 is 5.32 Å². The van der Waals surface area contributed by atoms with Crippen LogP contribution >= 0.6 is 27.5 Å². The van der Waals surface area contributed by atoms with Crippen molar-refractivity contribution in [2.75, 3.05) is 7.05 Å². The molecule has 0 radical (unpaired) electrons. The van der Waals surface area contributed by atoms with Crippen molar-refractivity contribution in [3.8, 4) is 0 Å². The first-order valence-electron chi connectivity index (χ1n) is 5.80. The first kappa shape index (κ1) is 13.6. The van der Waals surface area contributed by atoms with E-state index in [2.05, 4.69) is 37.7 Å². The summed E-state index contributed by atoms with van der Waals surface area (Å²) in [5.74, 6) is 0.972. The lowest BCUT2D eigenvalue weighted by Crippen LogP contribution is -2.22. The Bertz CT molecular complexity index is 539. The minimum absolute atomic E-state index is 0.00931. The quantitative estimate of drug-likeness (QED) is 0.929. The molecular weight excluding hydrogens is 314 g/mol. The van der Waals surface area contributed by atoms with Crippen LogP contribution in [-0.4, -0.2) is 16.6 Å². The predicted molar refractivity (Wildman–Crippen MR) is 78.0 cm³/mol. The van der Waals surface area contributed by atoms with Gasteiger partial charge in [0.05, 0.1) is 6.04 Å². The molecule has 1 atom stereocenters. The monoisotopic (exact) mass is 327 g/mol. The highest BCUT2D eigenvalue weighted by Gasteiger charge is 2.19. The third kappa shape index (κ3) is 2.60. The van der Waals surface area contributed by atoms with Crippen molar-refractivity contribution in [3.05, 3.63) is 51.5 Å². The number of benzene rings is 1. The molecule has 1 unspecified atom stereocenters. The fourth-order valence-electron chi connectivity index (χ4n) is 2.01. The molecule has 1 heterocycles. The van der Waals surface area contributed by atoms with E-state index in [9.17, 15) is 0 Å². The Hall–Kier alpha value is -0.840. The molecule has 0 saturated carbocycles. The number of nitrogens with one attached hydrogen (secondary N) is 1. The molecule has 0 fully saturated rings. The molecule has 1 aromatic heterocycles. The highest BCUT2D eigenvalue weighted by atomic mass is 79.9. The molecule has 0 aliphatic heterocycles. The molecule has 0 aliphatic carbocycles. The number of rotatable bonds is 4. The van der Waals surface area contributed by atoms with Gasteiger partial charge in [0.15, 0.2) is 0 Å². The number of nitrogens with zero attached hydrogens (tertiary/aromatic N) is 2. The second kappa shape index (κ2) is 5.87. The summed E-state index contributed by atoms with van der Waals surface area (Å²) in [5.41, 5.74) is 1.02. The average molecular weight is 329 g/mol. The fraction of sp³-hybridized carbons (Fsp3) is 0.308. The van der Waals surface area contributed by atoms with Gasteiger partial charge < -0.3 is 9.88 Å². The van der Waals surface area contributed by atoms with Gasteiger partial charge in [0, 0.05) is 28.4 Å². The molecule has 1 aromatic carbocycles. The van der Waals surface area contributed by atoms with Crippen LogP contribution in [0.4, 0.5) is 0 Å². The Morgan fingerprint density at radius 2 is 2.28 bits per heavy atom. The first-order valence-corrected chi connectivity index (χ1v) is 6.97. The third-order valence-corrected chi connectivity index (χ3v) is 3.74. The second-order valence-corrected chi connectivity index (χ2v) is 5.28. The van der Waals surface area contributed by atoms with E-state index >= 15 is 0 Å². The highest BCUT2D eigenvalue weighted by Crippen LogP contribution is 2.29. The lowest BCUT2D eigenvalue weighted by Gasteiger charge is -2.19. The van der Waals surface area contributed by atoms with Crippen molar-refractivity contribution in [2.24, 2.45) is 0 Å². The van der Waals surface area contributed by atoms with Gasteiger partial charge in [-0.05, 0) is 37.7 Å². The van der Waals surface area contributed by atoms with Crippen LogP contribution in [0.2, 0.25) is 5.02 Å². The number of aryl methyl sites for hydroxylation is 1. The minimum atomic E-state index is -0.00931. The SMILES string of the molecule is CCn1ccnc1C(NC)c1cc(Br)ccc1Cl. The summed E-state index contributed by atoms with van der Waals surface area (Å²) in [7, 11) is 1.91. The predicted octanol–water partition coefficient (Wildman–Crippen LogP) is 3.63. The molecule has 0 amide bonds. The lowest BCUT2D eigenvalue weighted by molar-refractivity contribution is 0.590. The van der Waals surface area contributed by atoms with Gasteiger partial charge in [-0.15, -0.1) is 0 Å². The molecule has 0 spiro atoms. The van der Waals surface area contributed by atoms with Gasteiger partial charge >= 0.3 is 0 Å². The maximum Gasteiger partial charge on any atom is 0.130 e. The Labute approximate surface area is 120 Å². The molecule has 0 aliphatic rings. The number of hydrogen-bond acceptors (Lipinski definition) is 2. The van der Waals surface area contributed by atoms with Crippen molar-refractivity contribution in [1.29, 1.82) is 0 Å². The van der Waals surface area contributed by atoms with Crippen molar-refractivity contribution in [3.63, 3.8) is 0 Å². The van der Waals surface area contributed by atoms with Crippen molar-refractivity contribution < 1.29 is 0 Å². The lowest BCUT2D eigenvalue weighted by atomic mass is 10.1. The van der Waals surface area contributed by atoms with Crippen LogP contribution in [0, 0.1) is 0 Å². The molecule has 2 rings (SSSR count). The third-order valence-electron chi connectivity index (χ3n) is 2.90. The van der Waals surface area contributed by atoms with Gasteiger partial charge in [0.1, 0.15) is 5.82 Å². The highest BCUT2D eigenvalue weighted by molar-refractivity contribution is 9.10. The summed E-state index contributed by atoms with van der Waals surface area (Å²) >= 11 is 9.76. The van der Waals surface area contributed by atoms with Gasteiger partial charge in [-0.2, -0.15) is 0 Å². The number of hydrogen-bond donors (Lipinski definition) is 1. The van der Waals surface area contributed by atoms with Crippen LogP contribution in [-0.2, 0) is 6.54 Å². The van der Waals surface area contributed by atoms with Crippen molar-refractivity contribution in [2.45, 2.75) is 19.5 Å². The average Bonchev–Trinajstić information content (AvgIpc) is 2.83. The maximum absolute atomic E-state index is 6.28. The zero-order valence-electron chi connectivity index (χ0n) is 10.3. The van der Waals surface area contributed by atoms with E-state index in [0.717, 1.165) is 27.4 Å². The standard InChI is InChI=1S/C13H15BrClN3/c1-3-18-7-6-17-13(18)12(16-2)10-8-9(14)4-5-11(10)15/h4-8,12,16H,3H2,1-2H3. The summed E-state index contributed by atoms with van der Waals surface area (Å²) in [5, 5.41) is 4.01. The summed E-state index contributed by atoms with van der Waals surface area (Å²) in [6, 6.07) is 5.85. The van der Waals surface area contributed by atoms with Crippen LogP contribution in [0.3, 0.4) is 0 Å². The maximum atomic E-state index is 6.28. The van der Waals surface area contributed by atoms with Gasteiger partial charge in [0.25, 0.3) is 0 Å². The van der Waals surface area contributed by atoms with Gasteiger partial charge in [0.2, 0.25) is 0 Å². The normalized spacial score (nSPS) is 12.7. The molecule has 0 bridgehead atoms. The summed E-state index contributed by atoms with van der Waals surface area (Å²) in [6.07, 6.45) is 3.79. The van der Waals surface area contributed by atoms with Crippen LogP contribution in [0.1, 0.15) is 24.4 Å². The zero-order chi connectivity index (χ0) is 13.1. The van der Waals surface area contributed by atoms with E-state index in [4.69, 9.17) is 11.6 Å². The van der Waals surface area contributed by atoms with E-state index in [1.165, 1.54) is 0 Å². The Morgan fingerprint density at radius 1 is 1.50 bits per heavy atom. The molecular formula is C13H15BrClN3. The minimum Gasteiger partial charge on any atom is -0.334 e. The summed E-state index contributed by atoms with van der Waals surface area (Å²) in [4.78, 5) is 4.43. The van der Waals surface area contributed by atoms with Gasteiger partial charge in [-0.3, -0.25) is 0 Å². The smallest absolute Gasteiger partial charge is 0.130 e. The number of aromatic nitrogens is 2. The second-order valence-electron chi connectivity index (χ2n) is 3.96. The van der Waals surface area contributed by atoms with Gasteiger partial charge in [-0.1, -0.05) is 27.5 Å². The molecule has 5 heteroatoms. The Kier molecular flexibility index (Phi) is 4.43. The Morgan fingerprint density at radius 3 is 2.94 bits per heavy atom. The zero-order valence-corrected chi connectivity index (χ0v) is 12.7. The van der Waals surface area contributed by atoms with Crippen molar-refractivity contribution in [1.82, 2.24) is 14.9 Å². The topological polar surface area (TPSA) is 29.9 Å². The number of imidazole rings is 1. The molecule has 96 valence electrons. The van der Waals surface area contributed by atoms with E-state index in [1.54, 1.807) is 0 Å². The van der Waals surface area contributed by atoms with E-state index in [0.29, 0.717) is 0 Å². The fourth-order valence-corrected chi connectivity index (χ4v) is 2.61. The molecule has 3 nitrogen and oxygen atoms in total. The van der Waals surface area contributed by atoms with Crippen molar-refractivity contribution >= 4 is 27.5 Å².